The van der Waals surface area contributed by atoms with Crippen molar-refractivity contribution in [2.24, 2.45) is 0 Å². The molecule has 0 aliphatic carbocycles. The van der Waals surface area contributed by atoms with E-state index in [4.69, 9.17) is 13.1 Å². The molecule has 0 aromatic heterocycles. The Bertz CT molecular complexity index is 1560. The van der Waals surface area contributed by atoms with Gasteiger partial charge in [0.25, 0.3) is 0 Å². The topological polar surface area (TPSA) is 68.3 Å². The zero-order valence-corrected chi connectivity index (χ0v) is 26.3. The van der Waals surface area contributed by atoms with E-state index < -0.39 is 20.4 Å². The zero-order chi connectivity index (χ0) is 29.9. The van der Waals surface area contributed by atoms with Crippen molar-refractivity contribution in [3.05, 3.63) is 103 Å². The summed E-state index contributed by atoms with van der Waals surface area (Å²) in [6.07, 6.45) is 1.52. The molecule has 9 heteroatoms. The van der Waals surface area contributed by atoms with Crippen molar-refractivity contribution in [3.63, 3.8) is 0 Å². The van der Waals surface area contributed by atoms with E-state index >= 15 is 0 Å². The van der Waals surface area contributed by atoms with Crippen LogP contribution in [0.25, 0.3) is 0 Å². The molecule has 1 aliphatic rings. The van der Waals surface area contributed by atoms with Crippen LogP contribution in [0.1, 0.15) is 18.4 Å². The Morgan fingerprint density at radius 2 is 1.26 bits per heavy atom. The molecular weight excluding hydrogens is 569 g/mol. The molecule has 0 bridgehead atoms. The third kappa shape index (κ3) is 6.29. The number of hydrogen-bond acceptors (Lipinski definition) is 7. The molecule has 222 valence electrons. The molecule has 0 radical (unpaired) electrons. The molecule has 0 saturated carbocycles. The van der Waals surface area contributed by atoms with E-state index in [1.54, 1.807) is 24.3 Å². The van der Waals surface area contributed by atoms with Crippen LogP contribution >= 0.6 is 10.3 Å². The van der Waals surface area contributed by atoms with E-state index in [1.807, 2.05) is 118 Å². The van der Waals surface area contributed by atoms with Gasteiger partial charge < -0.3 is 19.3 Å². The molecule has 1 saturated heterocycles. The largest absolute Gasteiger partial charge is 0.465 e. The Balaban J connectivity index is 1.75. The quantitative estimate of drug-likeness (QED) is 0.188. The van der Waals surface area contributed by atoms with Gasteiger partial charge in [-0.25, -0.2) is 3.63 Å². The number of hydrogen-bond donors (Lipinski definition) is 0. The lowest BCUT2D eigenvalue weighted by Crippen LogP contribution is -2.17. The van der Waals surface area contributed by atoms with Gasteiger partial charge in [0, 0.05) is 60.7 Å². The lowest BCUT2D eigenvalue weighted by atomic mass is 10.2. The van der Waals surface area contributed by atoms with E-state index in [0.717, 1.165) is 44.5 Å². The van der Waals surface area contributed by atoms with Gasteiger partial charge >= 0.3 is 10.1 Å². The van der Waals surface area contributed by atoms with Gasteiger partial charge in [-0.2, -0.15) is 8.42 Å². The second-order valence-corrected chi connectivity index (χ2v) is 15.2. The van der Waals surface area contributed by atoms with Crippen molar-refractivity contribution in [2.75, 3.05) is 44.6 Å². The summed E-state index contributed by atoms with van der Waals surface area (Å²) in [5.41, 5.74) is 2.83. The maximum atomic E-state index is 14.2. The first-order valence-corrected chi connectivity index (χ1v) is 16.8. The zero-order valence-electron chi connectivity index (χ0n) is 24.7. The number of benzene rings is 4. The molecule has 1 aliphatic heterocycles. The molecule has 1 unspecified atom stereocenters. The molecule has 42 heavy (non-hydrogen) atoms. The average molecular weight is 607 g/mol. The normalized spacial score (nSPS) is 15.8. The molecule has 1 atom stereocenters. The van der Waals surface area contributed by atoms with Crippen molar-refractivity contribution < 1.29 is 21.5 Å². The summed E-state index contributed by atoms with van der Waals surface area (Å²) in [5.74, 6) is 0.657. The van der Waals surface area contributed by atoms with Crippen molar-refractivity contribution >= 4 is 31.8 Å². The molecule has 1 heterocycles. The van der Waals surface area contributed by atoms with Gasteiger partial charge in [-0.05, 0) is 96.4 Å². The minimum Gasteiger partial charge on any atom is -0.465 e. The van der Waals surface area contributed by atoms with Crippen molar-refractivity contribution in [2.45, 2.75) is 45.6 Å². The van der Waals surface area contributed by atoms with Crippen LogP contribution in [0.5, 0.6) is 5.75 Å². The predicted molar refractivity (Wildman–Crippen MR) is 169 cm³/mol. The summed E-state index contributed by atoms with van der Waals surface area (Å²) >= 11 is 0. The summed E-state index contributed by atoms with van der Waals surface area (Å²) in [6.45, 7) is 2.61. The third-order valence-electron chi connectivity index (χ3n) is 7.14. The van der Waals surface area contributed by atoms with Crippen molar-refractivity contribution in [1.82, 2.24) is 0 Å². The molecule has 1 fully saturated rings. The van der Waals surface area contributed by atoms with Gasteiger partial charge in [0.2, 0.25) is 0 Å². The van der Waals surface area contributed by atoms with Crippen LogP contribution in [-0.2, 0) is 18.5 Å². The first kappa shape index (κ1) is 30.0. The van der Waals surface area contributed by atoms with Crippen molar-refractivity contribution in [3.8, 4) is 5.75 Å². The van der Waals surface area contributed by atoms with Crippen LogP contribution in [0, 0.1) is 6.92 Å². The average Bonchev–Trinajstić information content (AvgIpc) is 3.50. The fourth-order valence-electron chi connectivity index (χ4n) is 4.79. The van der Waals surface area contributed by atoms with Gasteiger partial charge in [0.05, 0.1) is 11.5 Å². The SMILES string of the molecule is Cc1ccc(S(=O)(=O)OS(c2ccc(OC3CCCO3)cc2)(c2cccc(N(C)C)c2)c2cccc(N(C)C)c2)cc1. The minimum atomic E-state index is -4.22. The second kappa shape index (κ2) is 12.4. The van der Waals surface area contributed by atoms with Crippen molar-refractivity contribution in [1.29, 1.82) is 0 Å². The summed E-state index contributed by atoms with van der Waals surface area (Å²) in [4.78, 5) is 6.34. The molecule has 7 nitrogen and oxygen atoms in total. The minimum absolute atomic E-state index is 0.107. The van der Waals surface area contributed by atoms with E-state index in [9.17, 15) is 8.42 Å². The number of aryl methyl sites for hydroxylation is 1. The van der Waals surface area contributed by atoms with Gasteiger partial charge in [0.15, 0.2) is 6.29 Å². The number of ether oxygens (including phenoxy) is 2. The molecule has 0 N–H and O–H groups in total. The fraction of sp³-hybridized carbons (Fsp3) is 0.273. The predicted octanol–water partition coefficient (Wildman–Crippen LogP) is 7.24. The van der Waals surface area contributed by atoms with Gasteiger partial charge in [-0.15, -0.1) is 0 Å². The second-order valence-electron chi connectivity index (χ2n) is 10.7. The Hall–Kier alpha value is -3.50. The maximum Gasteiger partial charge on any atom is 0.307 e. The number of rotatable bonds is 10. The highest BCUT2D eigenvalue weighted by Gasteiger charge is 2.39. The highest BCUT2D eigenvalue weighted by atomic mass is 32.3. The van der Waals surface area contributed by atoms with Crippen LogP contribution in [0.3, 0.4) is 0 Å². The Labute approximate surface area is 251 Å². The summed E-state index contributed by atoms with van der Waals surface area (Å²) in [5, 5.41) is 0. The Kier molecular flexibility index (Phi) is 8.84. The fourth-order valence-corrected chi connectivity index (χ4v) is 10.0. The molecule has 4 aromatic rings. The van der Waals surface area contributed by atoms with Gasteiger partial charge in [-0.1, -0.05) is 29.8 Å². The smallest absolute Gasteiger partial charge is 0.307 e. The molecular formula is C33H38N2O5S2. The highest BCUT2D eigenvalue weighted by molar-refractivity contribution is 8.33. The monoisotopic (exact) mass is 606 g/mol. The molecule has 0 spiro atoms. The third-order valence-corrected chi connectivity index (χ3v) is 12.3. The van der Waals surface area contributed by atoms with E-state index in [1.165, 1.54) is 0 Å². The van der Waals surface area contributed by atoms with Crippen LogP contribution in [-0.4, -0.2) is 49.5 Å². The molecule has 5 rings (SSSR count). The molecule has 0 amide bonds. The Morgan fingerprint density at radius 1 is 0.714 bits per heavy atom. The van der Waals surface area contributed by atoms with Crippen LogP contribution in [0.2, 0.25) is 0 Å². The first-order valence-electron chi connectivity index (χ1n) is 13.9. The summed E-state index contributed by atoms with van der Waals surface area (Å²) in [7, 11) is 0.801. The Morgan fingerprint density at radius 3 is 1.76 bits per heavy atom. The molecule has 4 aromatic carbocycles. The summed E-state index contributed by atoms with van der Waals surface area (Å²) < 4.78 is 46.6. The maximum absolute atomic E-state index is 14.2. The van der Waals surface area contributed by atoms with Crippen LogP contribution in [0.15, 0.2) is 117 Å². The van der Waals surface area contributed by atoms with Gasteiger partial charge in [-0.3, -0.25) is 0 Å². The van der Waals surface area contributed by atoms with E-state index in [-0.39, 0.29) is 11.2 Å². The number of nitrogens with zero attached hydrogens (tertiary/aromatic N) is 2. The lowest BCUT2D eigenvalue weighted by molar-refractivity contribution is -0.0390. The summed E-state index contributed by atoms with van der Waals surface area (Å²) in [6, 6.07) is 30.1. The first-order chi connectivity index (χ1) is 20.1. The van der Waals surface area contributed by atoms with E-state index in [2.05, 4.69) is 0 Å². The highest BCUT2D eigenvalue weighted by Crippen LogP contribution is 2.71. The van der Waals surface area contributed by atoms with Gasteiger partial charge in [0.1, 0.15) is 5.75 Å². The van der Waals surface area contributed by atoms with E-state index in [0.29, 0.717) is 12.4 Å². The van der Waals surface area contributed by atoms with Crippen LogP contribution in [0.4, 0.5) is 11.4 Å². The standard InChI is InChI=1S/C33H38N2O5S2/c1-25-14-18-30(19-15-25)42(36,37)40-41(31-11-6-9-26(23-31)34(2)3,32-12-7-10-27(24-32)35(4)5)29-20-16-28(17-21-29)39-33-13-8-22-38-33/h6-7,9-12,14-21,23-24,33H,8,13,22H2,1-5H3. The number of anilines is 2. The van der Waals surface area contributed by atoms with Crippen LogP contribution < -0.4 is 14.5 Å². The lowest BCUT2D eigenvalue weighted by Gasteiger charge is -2.40.